The van der Waals surface area contributed by atoms with Crippen molar-refractivity contribution in [1.29, 1.82) is 0 Å². The molecule has 6 heteroatoms. The van der Waals surface area contributed by atoms with Gasteiger partial charge in [0, 0.05) is 25.2 Å². The van der Waals surface area contributed by atoms with E-state index >= 15 is 0 Å². The minimum Gasteiger partial charge on any atom is -0.351 e. The number of hydrogen-bond donors (Lipinski definition) is 2. The molecule has 2 aromatic rings. The number of carbonyl (C=O) groups excluding carboxylic acids is 2. The van der Waals surface area contributed by atoms with Crippen LogP contribution in [0.3, 0.4) is 0 Å². The first-order valence-electron chi connectivity index (χ1n) is 11.2. The molecule has 1 saturated heterocycles. The van der Waals surface area contributed by atoms with Crippen LogP contribution in [-0.2, 0) is 16.8 Å². The number of carbonyl (C=O) groups is 2. The minimum atomic E-state index is -0.628. The fourth-order valence-corrected chi connectivity index (χ4v) is 4.52. The number of nitrogens with zero attached hydrogens (tertiary/aromatic N) is 1. The Balaban J connectivity index is 1.28. The van der Waals surface area contributed by atoms with Gasteiger partial charge in [0.1, 0.15) is 5.82 Å². The van der Waals surface area contributed by atoms with Crippen LogP contribution in [0.4, 0.5) is 4.39 Å². The summed E-state index contributed by atoms with van der Waals surface area (Å²) in [6, 6.07) is 13.7. The molecule has 2 N–H and O–H groups in total. The molecule has 1 heterocycles. The van der Waals surface area contributed by atoms with Gasteiger partial charge in [0.05, 0.1) is 5.41 Å². The highest BCUT2D eigenvalue weighted by atomic mass is 19.1. The number of nitrogens with one attached hydrogen (secondary N) is 2. The van der Waals surface area contributed by atoms with Gasteiger partial charge < -0.3 is 15.5 Å². The van der Waals surface area contributed by atoms with Crippen LogP contribution in [0, 0.1) is 5.82 Å². The predicted molar refractivity (Wildman–Crippen MR) is 118 cm³/mol. The fourth-order valence-electron chi connectivity index (χ4n) is 4.52. The largest absolute Gasteiger partial charge is 0.351 e. The molecule has 4 rings (SSSR count). The van der Waals surface area contributed by atoms with Crippen LogP contribution < -0.4 is 10.6 Å². The molecule has 0 bridgehead atoms. The molecule has 1 aliphatic heterocycles. The third kappa shape index (κ3) is 4.96. The summed E-state index contributed by atoms with van der Waals surface area (Å²) in [4.78, 5) is 27.6. The number of halogens is 1. The summed E-state index contributed by atoms with van der Waals surface area (Å²) in [5.41, 5.74) is 1.66. The Bertz CT molecular complexity index is 919. The molecule has 2 aromatic carbocycles. The van der Waals surface area contributed by atoms with E-state index in [-0.39, 0.29) is 17.6 Å². The van der Waals surface area contributed by atoms with Gasteiger partial charge in [-0.15, -0.1) is 0 Å². The number of benzene rings is 2. The topological polar surface area (TPSA) is 61.4 Å². The van der Waals surface area contributed by atoms with Gasteiger partial charge in [0.15, 0.2) is 0 Å². The summed E-state index contributed by atoms with van der Waals surface area (Å²) in [5.74, 6) is -0.451. The van der Waals surface area contributed by atoms with Gasteiger partial charge in [-0.1, -0.05) is 30.7 Å². The molecule has 1 saturated carbocycles. The summed E-state index contributed by atoms with van der Waals surface area (Å²) in [7, 11) is 0. The molecule has 1 aliphatic carbocycles. The molecule has 5 nitrogen and oxygen atoms in total. The summed E-state index contributed by atoms with van der Waals surface area (Å²) >= 11 is 0. The highest BCUT2D eigenvalue weighted by Crippen LogP contribution is 2.44. The van der Waals surface area contributed by atoms with E-state index in [1.165, 1.54) is 25.0 Å². The van der Waals surface area contributed by atoms with E-state index in [0.29, 0.717) is 18.7 Å². The van der Waals surface area contributed by atoms with Crippen LogP contribution in [-0.4, -0.2) is 42.9 Å². The molecule has 2 fully saturated rings. The maximum atomic E-state index is 13.7. The summed E-state index contributed by atoms with van der Waals surface area (Å²) in [6.07, 6.45) is 4.92. The van der Waals surface area contributed by atoms with Gasteiger partial charge >= 0.3 is 0 Å². The monoisotopic (exact) mass is 423 g/mol. The molecule has 2 amide bonds. The molecular weight excluding hydrogens is 393 g/mol. The van der Waals surface area contributed by atoms with Crippen molar-refractivity contribution in [1.82, 2.24) is 15.5 Å². The van der Waals surface area contributed by atoms with Crippen LogP contribution in [0.2, 0.25) is 0 Å². The Morgan fingerprint density at radius 3 is 2.35 bits per heavy atom. The molecule has 0 radical (unpaired) electrons. The van der Waals surface area contributed by atoms with E-state index in [0.717, 1.165) is 50.0 Å². The number of hydrogen-bond acceptors (Lipinski definition) is 3. The van der Waals surface area contributed by atoms with Crippen molar-refractivity contribution < 1.29 is 14.0 Å². The van der Waals surface area contributed by atoms with E-state index < -0.39 is 5.41 Å². The quantitative estimate of drug-likeness (QED) is 0.684. The van der Waals surface area contributed by atoms with Crippen LogP contribution in [0.5, 0.6) is 0 Å². The third-order valence-electron chi connectivity index (χ3n) is 6.60. The van der Waals surface area contributed by atoms with Crippen LogP contribution in [0.1, 0.15) is 53.6 Å². The van der Waals surface area contributed by atoms with Crippen LogP contribution >= 0.6 is 0 Å². The lowest BCUT2D eigenvalue weighted by Gasteiger charge is -2.40. The first-order chi connectivity index (χ1) is 15.1. The van der Waals surface area contributed by atoms with Crippen molar-refractivity contribution in [2.45, 2.75) is 44.1 Å². The number of rotatable bonds is 8. The Kier molecular flexibility index (Phi) is 6.66. The molecule has 2 aliphatic rings. The van der Waals surface area contributed by atoms with Gasteiger partial charge in [-0.2, -0.15) is 0 Å². The van der Waals surface area contributed by atoms with Crippen molar-refractivity contribution in [3.63, 3.8) is 0 Å². The van der Waals surface area contributed by atoms with Crippen molar-refractivity contribution in [2.75, 3.05) is 26.2 Å². The zero-order valence-corrected chi connectivity index (χ0v) is 17.8. The maximum absolute atomic E-state index is 13.7. The Labute approximate surface area is 183 Å². The average Bonchev–Trinajstić information content (AvgIpc) is 3.25. The molecule has 31 heavy (non-hydrogen) atoms. The second-order valence-electron chi connectivity index (χ2n) is 8.63. The van der Waals surface area contributed by atoms with Crippen molar-refractivity contribution in [3.05, 3.63) is 71.0 Å². The van der Waals surface area contributed by atoms with E-state index in [2.05, 4.69) is 15.5 Å². The number of likely N-dealkylation sites (tertiary alicyclic amines) is 1. The second kappa shape index (κ2) is 9.60. The van der Waals surface area contributed by atoms with E-state index in [4.69, 9.17) is 0 Å². The van der Waals surface area contributed by atoms with Gasteiger partial charge in [-0.05, 0) is 74.2 Å². The third-order valence-corrected chi connectivity index (χ3v) is 6.60. The maximum Gasteiger partial charge on any atom is 0.251 e. The average molecular weight is 424 g/mol. The Morgan fingerprint density at radius 1 is 0.968 bits per heavy atom. The lowest BCUT2D eigenvalue weighted by atomic mass is 9.64. The first kappa shape index (κ1) is 21.5. The fraction of sp³-hybridized carbons (Fsp3) is 0.440. The van der Waals surface area contributed by atoms with E-state index in [9.17, 15) is 14.0 Å². The standard InChI is InChI=1S/C25H30FN3O2/c26-22-6-3-5-21(17-22)25(11-4-12-25)24(31)28-18-19-7-9-20(10-8-19)23(30)27-13-16-29-14-1-2-15-29/h3,5-10,17H,1-2,4,11-16,18H2,(H,27,30)(H,28,31). The molecule has 0 unspecified atom stereocenters. The normalized spacial score (nSPS) is 17.7. The van der Waals surface area contributed by atoms with E-state index in [1.54, 1.807) is 18.2 Å². The highest BCUT2D eigenvalue weighted by molar-refractivity contribution is 5.94. The summed E-state index contributed by atoms with van der Waals surface area (Å²) < 4.78 is 13.7. The smallest absolute Gasteiger partial charge is 0.251 e. The molecule has 164 valence electrons. The lowest BCUT2D eigenvalue weighted by Crippen LogP contribution is -2.49. The SMILES string of the molecule is O=C(NCCN1CCCC1)c1ccc(CNC(=O)C2(c3cccc(F)c3)CCC2)cc1. The minimum absolute atomic E-state index is 0.0620. The van der Waals surface area contributed by atoms with Gasteiger partial charge in [0.2, 0.25) is 5.91 Å². The summed E-state index contributed by atoms with van der Waals surface area (Å²) in [5, 5.41) is 5.98. The van der Waals surface area contributed by atoms with Crippen molar-refractivity contribution in [3.8, 4) is 0 Å². The Morgan fingerprint density at radius 2 is 1.71 bits per heavy atom. The first-order valence-corrected chi connectivity index (χ1v) is 11.2. The zero-order chi connectivity index (χ0) is 21.7. The second-order valence-corrected chi connectivity index (χ2v) is 8.63. The predicted octanol–water partition coefficient (Wildman–Crippen LogP) is 3.39. The van der Waals surface area contributed by atoms with Crippen molar-refractivity contribution >= 4 is 11.8 Å². The van der Waals surface area contributed by atoms with Crippen LogP contribution in [0.25, 0.3) is 0 Å². The molecule has 0 atom stereocenters. The molecule has 0 aromatic heterocycles. The lowest BCUT2D eigenvalue weighted by molar-refractivity contribution is -0.130. The van der Waals surface area contributed by atoms with Gasteiger partial charge in [-0.3, -0.25) is 9.59 Å². The van der Waals surface area contributed by atoms with Crippen LogP contribution in [0.15, 0.2) is 48.5 Å². The number of amides is 2. The van der Waals surface area contributed by atoms with Gasteiger partial charge in [-0.25, -0.2) is 4.39 Å². The van der Waals surface area contributed by atoms with E-state index in [1.807, 2.05) is 18.2 Å². The highest BCUT2D eigenvalue weighted by Gasteiger charge is 2.45. The zero-order valence-electron chi connectivity index (χ0n) is 17.8. The van der Waals surface area contributed by atoms with Gasteiger partial charge in [0.25, 0.3) is 5.91 Å². The molecule has 0 spiro atoms. The van der Waals surface area contributed by atoms with Crippen molar-refractivity contribution in [2.24, 2.45) is 0 Å². The molecular formula is C25H30FN3O2. The summed E-state index contributed by atoms with van der Waals surface area (Å²) in [6.45, 7) is 4.17. The Hall–Kier alpha value is -2.73.